The predicted molar refractivity (Wildman–Crippen MR) is 128 cm³/mol. The second kappa shape index (κ2) is 10.3. The summed E-state index contributed by atoms with van der Waals surface area (Å²) in [5.41, 5.74) is 8.40. The summed E-state index contributed by atoms with van der Waals surface area (Å²) < 4.78 is 28.0. The molecule has 0 spiro atoms. The van der Waals surface area contributed by atoms with Crippen molar-refractivity contribution in [3.8, 4) is 0 Å². The van der Waals surface area contributed by atoms with Crippen molar-refractivity contribution in [2.75, 3.05) is 10.8 Å². The molecule has 0 fully saturated rings. The Morgan fingerprint density at radius 1 is 0.879 bits per heavy atom. The Labute approximate surface area is 194 Å². The van der Waals surface area contributed by atoms with E-state index in [0.717, 1.165) is 11.1 Å². The quantitative estimate of drug-likeness (QED) is 0.506. The zero-order chi connectivity index (χ0) is 24.0. The predicted octanol–water partition coefficient (Wildman–Crippen LogP) is 3.23. The number of aryl methyl sites for hydroxylation is 2. The van der Waals surface area contributed by atoms with Crippen molar-refractivity contribution in [2.24, 2.45) is 5.73 Å². The highest BCUT2D eigenvalue weighted by Crippen LogP contribution is 2.25. The van der Waals surface area contributed by atoms with Gasteiger partial charge in [0.2, 0.25) is 11.8 Å². The molecule has 0 aromatic heterocycles. The lowest BCUT2D eigenvalue weighted by Crippen LogP contribution is -2.40. The van der Waals surface area contributed by atoms with Crippen molar-refractivity contribution in [2.45, 2.75) is 31.2 Å². The summed E-state index contributed by atoms with van der Waals surface area (Å²) in [7, 11) is -3.91. The van der Waals surface area contributed by atoms with E-state index in [9.17, 15) is 18.0 Å². The van der Waals surface area contributed by atoms with Gasteiger partial charge in [-0.2, -0.15) is 0 Å². The van der Waals surface area contributed by atoms with Gasteiger partial charge < -0.3 is 11.1 Å². The maximum Gasteiger partial charge on any atom is 0.264 e. The number of carbonyl (C=O) groups excluding carboxylic acids is 2. The maximum atomic E-state index is 13.4. The van der Waals surface area contributed by atoms with Crippen LogP contribution in [0, 0.1) is 13.8 Å². The van der Waals surface area contributed by atoms with Crippen LogP contribution in [0.2, 0.25) is 0 Å². The molecule has 1 unspecified atom stereocenters. The molecule has 0 aliphatic rings. The number of nitrogens with one attached hydrogen (secondary N) is 1. The summed E-state index contributed by atoms with van der Waals surface area (Å²) in [5, 5.41) is 2.61. The Bertz CT molecular complexity index is 1210. The third kappa shape index (κ3) is 5.98. The fourth-order valence-corrected chi connectivity index (χ4v) is 4.80. The number of nitrogens with zero attached hydrogens (tertiary/aromatic N) is 1. The number of primary amides is 1. The number of anilines is 1. The zero-order valence-electron chi connectivity index (χ0n) is 18.6. The normalized spacial score (nSPS) is 12.1. The molecule has 172 valence electrons. The lowest BCUT2D eigenvalue weighted by molar-refractivity contribution is -0.127. The SMILES string of the molecule is Cc1ccc(N(CCC(=O)NC(C(N)=O)c2ccccc2)S(=O)(=O)c2ccc(C)cc2)cc1. The fraction of sp³-hybridized carbons (Fsp3) is 0.200. The van der Waals surface area contributed by atoms with Crippen LogP contribution < -0.4 is 15.4 Å². The fourth-order valence-electron chi connectivity index (χ4n) is 3.34. The lowest BCUT2D eigenvalue weighted by atomic mass is 10.1. The van der Waals surface area contributed by atoms with Crippen molar-refractivity contribution in [1.29, 1.82) is 0 Å². The van der Waals surface area contributed by atoms with E-state index in [1.54, 1.807) is 66.7 Å². The number of nitrogens with two attached hydrogens (primary N) is 1. The molecule has 7 nitrogen and oxygen atoms in total. The van der Waals surface area contributed by atoms with Crippen LogP contribution in [0.1, 0.15) is 29.2 Å². The van der Waals surface area contributed by atoms with Gasteiger partial charge in [0.1, 0.15) is 6.04 Å². The van der Waals surface area contributed by atoms with Gasteiger partial charge in [0, 0.05) is 13.0 Å². The molecule has 3 N–H and O–H groups in total. The topological polar surface area (TPSA) is 110 Å². The van der Waals surface area contributed by atoms with Crippen LogP contribution in [-0.2, 0) is 19.6 Å². The Morgan fingerprint density at radius 3 is 1.97 bits per heavy atom. The van der Waals surface area contributed by atoms with Crippen molar-refractivity contribution in [3.05, 3.63) is 95.6 Å². The molecule has 3 aromatic rings. The molecule has 0 bridgehead atoms. The highest BCUT2D eigenvalue weighted by atomic mass is 32.2. The molecule has 3 rings (SSSR count). The second-order valence-corrected chi connectivity index (χ2v) is 9.65. The Balaban J connectivity index is 1.83. The van der Waals surface area contributed by atoms with Crippen LogP contribution in [0.25, 0.3) is 0 Å². The maximum absolute atomic E-state index is 13.4. The largest absolute Gasteiger partial charge is 0.368 e. The monoisotopic (exact) mass is 465 g/mol. The summed E-state index contributed by atoms with van der Waals surface area (Å²) >= 11 is 0. The van der Waals surface area contributed by atoms with E-state index in [4.69, 9.17) is 5.73 Å². The van der Waals surface area contributed by atoms with Gasteiger partial charge in [0.25, 0.3) is 10.0 Å². The Hall–Kier alpha value is -3.65. The summed E-state index contributed by atoms with van der Waals surface area (Å²) in [6, 6.07) is 21.2. The minimum absolute atomic E-state index is 0.106. The van der Waals surface area contributed by atoms with E-state index in [1.165, 1.54) is 4.31 Å². The number of benzene rings is 3. The van der Waals surface area contributed by atoms with Gasteiger partial charge in [-0.05, 0) is 43.7 Å². The first kappa shape index (κ1) is 24.0. The molecule has 0 aliphatic carbocycles. The number of rotatable bonds is 9. The van der Waals surface area contributed by atoms with Gasteiger partial charge in [-0.25, -0.2) is 8.42 Å². The van der Waals surface area contributed by atoms with Crippen LogP contribution in [-0.4, -0.2) is 26.8 Å². The molecule has 0 saturated heterocycles. The molecule has 0 saturated carbocycles. The minimum Gasteiger partial charge on any atom is -0.368 e. The Kier molecular flexibility index (Phi) is 7.50. The highest BCUT2D eigenvalue weighted by Gasteiger charge is 2.26. The van der Waals surface area contributed by atoms with Crippen LogP contribution in [0.5, 0.6) is 0 Å². The highest BCUT2D eigenvalue weighted by molar-refractivity contribution is 7.92. The number of sulfonamides is 1. The smallest absolute Gasteiger partial charge is 0.264 e. The third-order valence-corrected chi connectivity index (χ3v) is 7.04. The van der Waals surface area contributed by atoms with Crippen LogP contribution in [0.15, 0.2) is 83.8 Å². The lowest BCUT2D eigenvalue weighted by Gasteiger charge is -2.25. The summed E-state index contributed by atoms with van der Waals surface area (Å²) in [5.74, 6) is -1.18. The van der Waals surface area contributed by atoms with Crippen LogP contribution in [0.4, 0.5) is 5.69 Å². The van der Waals surface area contributed by atoms with Crippen molar-refractivity contribution >= 4 is 27.5 Å². The first-order valence-corrected chi connectivity index (χ1v) is 11.9. The van der Waals surface area contributed by atoms with Crippen molar-refractivity contribution in [3.63, 3.8) is 0 Å². The van der Waals surface area contributed by atoms with Gasteiger partial charge in [-0.1, -0.05) is 65.7 Å². The molecule has 2 amide bonds. The average molecular weight is 466 g/mol. The van der Waals surface area contributed by atoms with E-state index in [0.29, 0.717) is 11.3 Å². The molecular formula is C25H27N3O4S. The van der Waals surface area contributed by atoms with E-state index in [1.807, 2.05) is 26.0 Å². The number of hydrogen-bond donors (Lipinski definition) is 2. The number of amides is 2. The molecule has 0 aliphatic heterocycles. The molecule has 3 aromatic carbocycles. The number of carbonyl (C=O) groups is 2. The van der Waals surface area contributed by atoms with E-state index in [-0.39, 0.29) is 17.9 Å². The van der Waals surface area contributed by atoms with E-state index >= 15 is 0 Å². The van der Waals surface area contributed by atoms with Gasteiger partial charge in [0.15, 0.2) is 0 Å². The van der Waals surface area contributed by atoms with Gasteiger partial charge in [0.05, 0.1) is 10.6 Å². The average Bonchev–Trinajstić information content (AvgIpc) is 2.79. The molecular weight excluding hydrogens is 438 g/mol. The van der Waals surface area contributed by atoms with Crippen LogP contribution in [0.3, 0.4) is 0 Å². The van der Waals surface area contributed by atoms with Crippen molar-refractivity contribution < 1.29 is 18.0 Å². The van der Waals surface area contributed by atoms with Crippen LogP contribution >= 0.6 is 0 Å². The van der Waals surface area contributed by atoms with Crippen molar-refractivity contribution in [1.82, 2.24) is 5.32 Å². The molecule has 8 heteroatoms. The molecule has 0 radical (unpaired) electrons. The standard InChI is InChI=1S/C25H27N3O4S/c1-18-8-12-21(13-9-18)28(33(31,32)22-14-10-19(2)11-15-22)17-16-23(29)27-24(25(26)30)20-6-4-3-5-7-20/h3-15,24H,16-17H2,1-2H3,(H2,26,30)(H,27,29). The first-order valence-electron chi connectivity index (χ1n) is 10.5. The number of hydrogen-bond acceptors (Lipinski definition) is 4. The third-order valence-electron chi connectivity index (χ3n) is 5.20. The first-order chi connectivity index (χ1) is 15.7. The van der Waals surface area contributed by atoms with E-state index < -0.39 is 27.9 Å². The summed E-state index contributed by atoms with van der Waals surface area (Å²) in [6.07, 6.45) is -0.157. The zero-order valence-corrected chi connectivity index (χ0v) is 19.4. The Morgan fingerprint density at radius 2 is 1.42 bits per heavy atom. The van der Waals surface area contributed by atoms with E-state index in [2.05, 4.69) is 5.32 Å². The van der Waals surface area contributed by atoms with Gasteiger partial charge in [-0.3, -0.25) is 13.9 Å². The van der Waals surface area contributed by atoms with Gasteiger partial charge in [-0.15, -0.1) is 0 Å². The molecule has 0 heterocycles. The summed E-state index contributed by atoms with van der Waals surface area (Å²) in [6.45, 7) is 3.68. The molecule has 33 heavy (non-hydrogen) atoms. The minimum atomic E-state index is -3.91. The molecule has 1 atom stereocenters. The summed E-state index contributed by atoms with van der Waals surface area (Å²) in [4.78, 5) is 24.7. The van der Waals surface area contributed by atoms with Gasteiger partial charge >= 0.3 is 0 Å². The second-order valence-electron chi connectivity index (χ2n) is 7.79.